The Kier molecular flexibility index (Phi) is 8.11. The van der Waals surface area contributed by atoms with E-state index in [1.807, 2.05) is 11.8 Å². The van der Waals surface area contributed by atoms with Crippen molar-refractivity contribution in [2.24, 2.45) is 29.1 Å². The van der Waals surface area contributed by atoms with Gasteiger partial charge < -0.3 is 10.2 Å². The van der Waals surface area contributed by atoms with E-state index in [0.29, 0.717) is 5.41 Å². The largest absolute Gasteiger partial charge is 0.374 e. The number of hydrogen-bond acceptors (Lipinski definition) is 3. The van der Waals surface area contributed by atoms with Crippen molar-refractivity contribution < 1.29 is 4.79 Å². The number of rotatable bonds is 12. The van der Waals surface area contributed by atoms with E-state index < -0.39 is 0 Å². The van der Waals surface area contributed by atoms with Gasteiger partial charge in [0.2, 0.25) is 5.91 Å². The molecule has 4 bridgehead atoms. The normalized spacial score (nSPS) is 32.3. The number of nitrogens with zero attached hydrogens (tertiary/aromatic N) is 1. The first-order valence-electron chi connectivity index (χ1n) is 13.0. The Hall–Kier alpha value is -0.900. The van der Waals surface area contributed by atoms with Gasteiger partial charge in [-0.05, 0) is 92.4 Å². The summed E-state index contributed by atoms with van der Waals surface area (Å²) in [5.41, 5.74) is 2.11. The molecule has 4 saturated carbocycles. The van der Waals surface area contributed by atoms with Crippen molar-refractivity contribution in [3.05, 3.63) is 23.9 Å². The fourth-order valence-corrected chi connectivity index (χ4v) is 8.08. The van der Waals surface area contributed by atoms with Crippen LogP contribution in [0.4, 0.5) is 0 Å². The van der Waals surface area contributed by atoms with Gasteiger partial charge in [0.15, 0.2) is 0 Å². The number of amides is 1. The van der Waals surface area contributed by atoms with Gasteiger partial charge in [0.05, 0.1) is 0 Å². The van der Waals surface area contributed by atoms with Gasteiger partial charge in [-0.15, -0.1) is 0 Å². The van der Waals surface area contributed by atoms with Crippen LogP contribution in [0.25, 0.3) is 0 Å². The molecule has 0 radical (unpaired) electrons. The molecule has 4 fully saturated rings. The minimum atomic E-state index is 0.0941. The molecule has 1 amide bonds. The van der Waals surface area contributed by atoms with Gasteiger partial charge in [-0.3, -0.25) is 4.79 Å². The molecule has 4 heteroatoms. The highest BCUT2D eigenvalue weighted by Gasteiger charge is 2.50. The summed E-state index contributed by atoms with van der Waals surface area (Å²) in [5, 5.41) is 3.08. The quantitative estimate of drug-likeness (QED) is 0.373. The molecule has 4 aliphatic carbocycles. The lowest BCUT2D eigenvalue weighted by molar-refractivity contribution is -0.123. The molecule has 0 spiro atoms. The lowest BCUT2D eigenvalue weighted by Gasteiger charge is -2.57. The number of carbonyl (C=O) groups is 1. The van der Waals surface area contributed by atoms with Crippen LogP contribution >= 0.6 is 11.8 Å². The SMILES string of the molecule is CCCCCNC(=O)C(C)CSCC1=CCN(CCC23CC4CC(CC(C4)C2)C3)C=C1. The Morgan fingerprint density at radius 2 is 1.90 bits per heavy atom. The molecule has 0 aromatic heterocycles. The predicted octanol–water partition coefficient (Wildman–Crippen LogP) is 6.02. The van der Waals surface area contributed by atoms with E-state index in [4.69, 9.17) is 0 Å². The molecule has 0 aromatic rings. The first kappa shape index (κ1) is 23.3. The molecule has 1 aliphatic heterocycles. The molecule has 3 nitrogen and oxygen atoms in total. The zero-order valence-corrected chi connectivity index (χ0v) is 20.7. The van der Waals surface area contributed by atoms with Crippen molar-refractivity contribution in [2.75, 3.05) is 31.1 Å². The zero-order chi connectivity index (χ0) is 21.7. The third kappa shape index (κ3) is 6.33. The van der Waals surface area contributed by atoms with Crippen molar-refractivity contribution in [3.8, 4) is 0 Å². The fraction of sp³-hybridized carbons (Fsp3) is 0.815. The summed E-state index contributed by atoms with van der Waals surface area (Å²) in [7, 11) is 0. The van der Waals surface area contributed by atoms with Gasteiger partial charge in [0, 0.05) is 37.1 Å². The van der Waals surface area contributed by atoms with Gasteiger partial charge in [-0.25, -0.2) is 0 Å². The summed E-state index contributed by atoms with van der Waals surface area (Å²) in [6.45, 7) is 7.37. The molecule has 31 heavy (non-hydrogen) atoms. The highest BCUT2D eigenvalue weighted by atomic mass is 32.2. The number of allylic oxidation sites excluding steroid dienone is 1. The maximum absolute atomic E-state index is 12.2. The van der Waals surface area contributed by atoms with E-state index in [0.717, 1.165) is 48.8 Å². The molecule has 1 N–H and O–H groups in total. The molecule has 174 valence electrons. The highest BCUT2D eigenvalue weighted by Crippen LogP contribution is 2.61. The molecule has 5 rings (SSSR count). The Bertz CT molecular complexity index is 635. The van der Waals surface area contributed by atoms with E-state index in [1.54, 1.807) is 19.3 Å². The van der Waals surface area contributed by atoms with Gasteiger partial charge in [0.1, 0.15) is 0 Å². The molecular weight excluding hydrogens is 400 g/mol. The van der Waals surface area contributed by atoms with Crippen LogP contribution in [-0.2, 0) is 4.79 Å². The number of hydrogen-bond donors (Lipinski definition) is 1. The van der Waals surface area contributed by atoms with Gasteiger partial charge in [-0.1, -0.05) is 32.8 Å². The number of unbranched alkanes of at least 4 members (excludes halogenated alkanes) is 2. The fourth-order valence-electron chi connectivity index (χ4n) is 7.00. The predicted molar refractivity (Wildman–Crippen MR) is 133 cm³/mol. The maximum atomic E-state index is 12.2. The van der Waals surface area contributed by atoms with Crippen LogP contribution in [0.1, 0.15) is 78.1 Å². The van der Waals surface area contributed by atoms with Crippen molar-refractivity contribution in [3.63, 3.8) is 0 Å². The van der Waals surface area contributed by atoms with Gasteiger partial charge >= 0.3 is 0 Å². The Balaban J connectivity index is 1.11. The lowest BCUT2D eigenvalue weighted by Crippen LogP contribution is -2.47. The molecule has 1 heterocycles. The second-order valence-corrected chi connectivity index (χ2v) is 12.2. The molecule has 1 unspecified atom stereocenters. The second kappa shape index (κ2) is 10.8. The van der Waals surface area contributed by atoms with Crippen LogP contribution in [0.5, 0.6) is 0 Å². The van der Waals surface area contributed by atoms with E-state index in [9.17, 15) is 4.79 Å². The molecule has 1 atom stereocenters. The minimum absolute atomic E-state index is 0.0941. The highest BCUT2D eigenvalue weighted by molar-refractivity contribution is 7.99. The molecular formula is C27H44N2OS. The van der Waals surface area contributed by atoms with Gasteiger partial charge in [-0.2, -0.15) is 11.8 Å². The molecule has 0 saturated heterocycles. The zero-order valence-electron chi connectivity index (χ0n) is 19.9. The summed E-state index contributed by atoms with van der Waals surface area (Å²) in [4.78, 5) is 14.7. The third-order valence-electron chi connectivity index (χ3n) is 8.35. The maximum Gasteiger partial charge on any atom is 0.223 e. The van der Waals surface area contributed by atoms with E-state index in [2.05, 4.69) is 42.4 Å². The van der Waals surface area contributed by atoms with Crippen LogP contribution in [0, 0.1) is 29.1 Å². The summed E-state index contributed by atoms with van der Waals surface area (Å²) in [6, 6.07) is 0. The van der Waals surface area contributed by atoms with Crippen LogP contribution in [0.2, 0.25) is 0 Å². The average Bonchev–Trinajstić information content (AvgIpc) is 2.75. The smallest absolute Gasteiger partial charge is 0.223 e. The lowest BCUT2D eigenvalue weighted by atomic mass is 9.49. The van der Waals surface area contributed by atoms with Gasteiger partial charge in [0.25, 0.3) is 0 Å². The molecule has 5 aliphatic rings. The Morgan fingerprint density at radius 3 is 2.52 bits per heavy atom. The molecule has 0 aromatic carbocycles. The topological polar surface area (TPSA) is 32.3 Å². The average molecular weight is 445 g/mol. The van der Waals surface area contributed by atoms with Crippen LogP contribution < -0.4 is 5.32 Å². The van der Waals surface area contributed by atoms with Crippen molar-refractivity contribution >= 4 is 17.7 Å². The van der Waals surface area contributed by atoms with Crippen LogP contribution in [0.3, 0.4) is 0 Å². The van der Waals surface area contributed by atoms with E-state index >= 15 is 0 Å². The summed E-state index contributed by atoms with van der Waals surface area (Å²) in [6.07, 6.45) is 21.2. The summed E-state index contributed by atoms with van der Waals surface area (Å²) < 4.78 is 0. The number of thioether (sulfide) groups is 1. The van der Waals surface area contributed by atoms with Crippen molar-refractivity contribution in [1.82, 2.24) is 10.2 Å². The number of carbonyl (C=O) groups excluding carboxylic acids is 1. The Morgan fingerprint density at radius 1 is 1.19 bits per heavy atom. The minimum Gasteiger partial charge on any atom is -0.374 e. The Labute approximate surface area is 194 Å². The van der Waals surface area contributed by atoms with Crippen LogP contribution in [-0.4, -0.2) is 41.9 Å². The second-order valence-electron chi connectivity index (χ2n) is 11.2. The standard InChI is InChI=1S/C27H44N2OS/c1-3-4-5-9-28-26(30)21(2)19-31-20-22-6-10-29(11-7-22)12-8-27-16-23-13-24(17-27)15-25(14-23)18-27/h6-7,10,21,23-25H,3-5,8-9,11-20H2,1-2H3,(H,28,30). The monoisotopic (exact) mass is 444 g/mol. The van der Waals surface area contributed by atoms with Crippen molar-refractivity contribution in [1.29, 1.82) is 0 Å². The van der Waals surface area contributed by atoms with Crippen LogP contribution in [0.15, 0.2) is 23.9 Å². The first-order chi connectivity index (χ1) is 15.0. The number of nitrogens with one attached hydrogen (secondary N) is 1. The van der Waals surface area contributed by atoms with E-state index in [1.165, 1.54) is 50.6 Å². The van der Waals surface area contributed by atoms with E-state index in [-0.39, 0.29) is 11.8 Å². The summed E-state index contributed by atoms with van der Waals surface area (Å²) in [5.74, 6) is 5.42. The van der Waals surface area contributed by atoms with Crippen molar-refractivity contribution in [2.45, 2.75) is 78.1 Å². The first-order valence-corrected chi connectivity index (χ1v) is 14.2. The third-order valence-corrected chi connectivity index (χ3v) is 9.62. The summed E-state index contributed by atoms with van der Waals surface area (Å²) >= 11 is 1.89.